The smallest absolute Gasteiger partial charge is 0.123 e. The highest BCUT2D eigenvalue weighted by Crippen LogP contribution is 2.25. The molecule has 3 heteroatoms. The van der Waals surface area contributed by atoms with Gasteiger partial charge in [-0.15, -0.1) is 0 Å². The highest BCUT2D eigenvalue weighted by molar-refractivity contribution is 6.31. The number of hydrogen-bond donors (Lipinski definition) is 1. The first kappa shape index (κ1) is 13.1. The van der Waals surface area contributed by atoms with Crippen LogP contribution in [0.1, 0.15) is 22.7 Å². The van der Waals surface area contributed by atoms with Crippen molar-refractivity contribution >= 4 is 11.6 Å². The van der Waals surface area contributed by atoms with Crippen LogP contribution in [-0.4, -0.2) is 0 Å². The summed E-state index contributed by atoms with van der Waals surface area (Å²) in [5.41, 5.74) is 9.17. The molecule has 0 heterocycles. The Morgan fingerprint density at radius 1 is 1.17 bits per heavy atom. The third-order valence-electron chi connectivity index (χ3n) is 2.92. The van der Waals surface area contributed by atoms with Crippen LogP contribution in [0.4, 0.5) is 4.39 Å². The molecule has 0 saturated heterocycles. The van der Waals surface area contributed by atoms with Crippen molar-refractivity contribution in [1.82, 2.24) is 0 Å². The lowest BCUT2D eigenvalue weighted by Gasteiger charge is -2.14. The molecule has 94 valence electrons. The predicted molar refractivity (Wildman–Crippen MR) is 73.2 cm³/mol. The molecule has 0 aromatic heterocycles. The van der Waals surface area contributed by atoms with E-state index in [4.69, 9.17) is 17.3 Å². The molecule has 2 rings (SSSR count). The molecule has 1 nitrogen and oxygen atoms in total. The number of aryl methyl sites for hydroxylation is 1. The summed E-state index contributed by atoms with van der Waals surface area (Å²) in [6.45, 7) is 1.99. The average Bonchev–Trinajstić information content (AvgIpc) is 2.32. The van der Waals surface area contributed by atoms with Gasteiger partial charge in [0, 0.05) is 11.1 Å². The Balaban J connectivity index is 2.16. The van der Waals surface area contributed by atoms with Crippen molar-refractivity contribution < 1.29 is 4.39 Å². The lowest BCUT2D eigenvalue weighted by molar-refractivity contribution is 0.625. The van der Waals surface area contributed by atoms with E-state index < -0.39 is 0 Å². The van der Waals surface area contributed by atoms with E-state index in [2.05, 4.69) is 0 Å². The van der Waals surface area contributed by atoms with Gasteiger partial charge >= 0.3 is 0 Å². The van der Waals surface area contributed by atoms with Crippen LogP contribution in [-0.2, 0) is 6.42 Å². The van der Waals surface area contributed by atoms with Gasteiger partial charge in [0.15, 0.2) is 0 Å². The van der Waals surface area contributed by atoms with Gasteiger partial charge < -0.3 is 5.73 Å². The lowest BCUT2D eigenvalue weighted by atomic mass is 9.99. The molecule has 0 aliphatic heterocycles. The molecule has 2 N–H and O–H groups in total. The molecule has 0 aliphatic rings. The van der Waals surface area contributed by atoms with E-state index >= 15 is 0 Å². The summed E-state index contributed by atoms with van der Waals surface area (Å²) in [5.74, 6) is -0.235. The second-order valence-electron chi connectivity index (χ2n) is 4.46. The Labute approximate surface area is 111 Å². The maximum absolute atomic E-state index is 12.8. The van der Waals surface area contributed by atoms with Crippen molar-refractivity contribution in [2.45, 2.75) is 19.4 Å². The Morgan fingerprint density at radius 3 is 2.44 bits per heavy atom. The van der Waals surface area contributed by atoms with Gasteiger partial charge in [-0.3, -0.25) is 0 Å². The highest BCUT2D eigenvalue weighted by atomic mass is 35.5. The molecule has 1 unspecified atom stereocenters. The third-order valence-corrected chi connectivity index (χ3v) is 3.25. The fraction of sp³-hybridized carbons (Fsp3) is 0.200. The molecule has 2 aromatic rings. The number of nitrogens with two attached hydrogens (primary N) is 1. The predicted octanol–water partition coefficient (Wildman–Crippen LogP) is 4.03. The summed E-state index contributed by atoms with van der Waals surface area (Å²) in [5, 5.41) is 0.685. The van der Waals surface area contributed by atoms with E-state index in [1.54, 1.807) is 12.1 Å². The van der Waals surface area contributed by atoms with Crippen LogP contribution in [0.2, 0.25) is 5.02 Å². The molecule has 0 fully saturated rings. The maximum atomic E-state index is 12.8. The van der Waals surface area contributed by atoms with E-state index in [0.29, 0.717) is 11.4 Å². The van der Waals surface area contributed by atoms with Gasteiger partial charge in [-0.1, -0.05) is 35.9 Å². The number of rotatable bonds is 3. The van der Waals surface area contributed by atoms with E-state index in [-0.39, 0.29) is 11.9 Å². The van der Waals surface area contributed by atoms with Gasteiger partial charge in [0.05, 0.1) is 0 Å². The minimum Gasteiger partial charge on any atom is -0.324 e. The number of halogens is 2. The van der Waals surface area contributed by atoms with Crippen LogP contribution < -0.4 is 5.73 Å². The third kappa shape index (κ3) is 3.09. The SMILES string of the molecule is Cc1ccc(C(N)Cc2ccc(F)cc2)c(Cl)c1. The molecule has 0 spiro atoms. The van der Waals surface area contributed by atoms with E-state index in [1.165, 1.54) is 12.1 Å². The molecular formula is C15H15ClFN. The van der Waals surface area contributed by atoms with Gasteiger partial charge in [-0.25, -0.2) is 4.39 Å². The fourth-order valence-corrected chi connectivity index (χ4v) is 2.29. The molecule has 2 aromatic carbocycles. The van der Waals surface area contributed by atoms with Crippen molar-refractivity contribution in [1.29, 1.82) is 0 Å². The standard InChI is InChI=1S/C15H15ClFN/c1-10-2-7-13(14(16)8-10)15(18)9-11-3-5-12(17)6-4-11/h2-8,15H,9,18H2,1H3. The minimum atomic E-state index is -0.235. The Morgan fingerprint density at radius 2 is 1.83 bits per heavy atom. The summed E-state index contributed by atoms with van der Waals surface area (Å²) in [4.78, 5) is 0. The molecule has 0 aliphatic carbocycles. The molecule has 0 radical (unpaired) electrons. The van der Waals surface area contributed by atoms with Crippen LogP contribution in [0.5, 0.6) is 0 Å². The van der Waals surface area contributed by atoms with Crippen LogP contribution in [0.15, 0.2) is 42.5 Å². The van der Waals surface area contributed by atoms with Gasteiger partial charge in [0.25, 0.3) is 0 Å². The van der Waals surface area contributed by atoms with Crippen molar-refractivity contribution in [2.24, 2.45) is 5.73 Å². The zero-order valence-electron chi connectivity index (χ0n) is 10.2. The fourth-order valence-electron chi connectivity index (χ4n) is 1.92. The summed E-state index contributed by atoms with van der Waals surface area (Å²) in [6, 6.07) is 12.1. The summed E-state index contributed by atoms with van der Waals surface area (Å²) in [7, 11) is 0. The van der Waals surface area contributed by atoms with Crippen molar-refractivity contribution in [3.8, 4) is 0 Å². The van der Waals surface area contributed by atoms with Crippen LogP contribution in [0, 0.1) is 12.7 Å². The van der Waals surface area contributed by atoms with Crippen molar-refractivity contribution in [3.05, 3.63) is 70.0 Å². The second kappa shape index (κ2) is 5.51. The minimum absolute atomic E-state index is 0.177. The summed E-state index contributed by atoms with van der Waals surface area (Å²) in [6.07, 6.45) is 0.642. The van der Waals surface area contributed by atoms with Gasteiger partial charge in [-0.05, 0) is 48.2 Å². The number of benzene rings is 2. The zero-order valence-corrected chi connectivity index (χ0v) is 10.9. The Kier molecular flexibility index (Phi) is 4.00. The quantitative estimate of drug-likeness (QED) is 0.889. The summed E-state index contributed by atoms with van der Waals surface area (Å²) >= 11 is 6.18. The Hall–Kier alpha value is -1.38. The summed E-state index contributed by atoms with van der Waals surface area (Å²) < 4.78 is 12.8. The maximum Gasteiger partial charge on any atom is 0.123 e. The molecule has 0 bridgehead atoms. The first-order chi connectivity index (χ1) is 8.56. The zero-order chi connectivity index (χ0) is 13.1. The largest absolute Gasteiger partial charge is 0.324 e. The van der Waals surface area contributed by atoms with Crippen molar-refractivity contribution in [3.63, 3.8) is 0 Å². The molecule has 18 heavy (non-hydrogen) atoms. The van der Waals surface area contributed by atoms with Gasteiger partial charge in [0.2, 0.25) is 0 Å². The van der Waals surface area contributed by atoms with Crippen LogP contribution in [0.25, 0.3) is 0 Å². The van der Waals surface area contributed by atoms with E-state index in [0.717, 1.165) is 16.7 Å². The normalized spacial score (nSPS) is 12.4. The first-order valence-electron chi connectivity index (χ1n) is 5.82. The average molecular weight is 264 g/mol. The molecule has 1 atom stereocenters. The Bertz CT molecular complexity index is 537. The second-order valence-corrected chi connectivity index (χ2v) is 4.87. The lowest BCUT2D eigenvalue weighted by Crippen LogP contribution is -2.14. The van der Waals surface area contributed by atoms with E-state index in [9.17, 15) is 4.39 Å². The van der Waals surface area contributed by atoms with Gasteiger partial charge in [0.1, 0.15) is 5.82 Å². The van der Waals surface area contributed by atoms with Crippen molar-refractivity contribution in [2.75, 3.05) is 0 Å². The monoisotopic (exact) mass is 263 g/mol. The molecular weight excluding hydrogens is 249 g/mol. The number of hydrogen-bond acceptors (Lipinski definition) is 1. The van der Waals surface area contributed by atoms with E-state index in [1.807, 2.05) is 25.1 Å². The molecule has 0 saturated carbocycles. The highest BCUT2D eigenvalue weighted by Gasteiger charge is 2.11. The van der Waals surface area contributed by atoms with Gasteiger partial charge in [-0.2, -0.15) is 0 Å². The van der Waals surface area contributed by atoms with Crippen LogP contribution in [0.3, 0.4) is 0 Å². The van der Waals surface area contributed by atoms with Crippen LogP contribution >= 0.6 is 11.6 Å². The first-order valence-corrected chi connectivity index (χ1v) is 6.20. The molecule has 0 amide bonds. The topological polar surface area (TPSA) is 26.0 Å².